The van der Waals surface area contributed by atoms with Crippen LogP contribution in [0.2, 0.25) is 0 Å². The van der Waals surface area contributed by atoms with Crippen molar-refractivity contribution in [3.05, 3.63) is 45.7 Å². The lowest BCUT2D eigenvalue weighted by Gasteiger charge is -2.23. The minimum absolute atomic E-state index is 0.00407. The lowest BCUT2D eigenvalue weighted by molar-refractivity contribution is 0.541. The van der Waals surface area contributed by atoms with E-state index in [0.29, 0.717) is 0 Å². The zero-order valence-corrected chi connectivity index (χ0v) is 13.0. The Morgan fingerprint density at radius 1 is 1.21 bits per heavy atom. The Morgan fingerprint density at radius 3 is 2.79 bits per heavy atom. The van der Waals surface area contributed by atoms with E-state index in [2.05, 4.69) is 27.3 Å². The topological polar surface area (TPSA) is 12.0 Å². The van der Waals surface area contributed by atoms with E-state index in [4.69, 9.17) is 0 Å². The van der Waals surface area contributed by atoms with Crippen LogP contribution in [0, 0.1) is 5.82 Å². The van der Waals surface area contributed by atoms with Gasteiger partial charge < -0.3 is 5.32 Å². The standard InChI is InChI=1S/C16H21BrFN/c1-19-16(12-7-5-3-2-4-6-8-12)14-11-13(17)9-10-15(14)18/h7,9-11,16,19H,2-6,8H2,1H3/b12-7+. The average Bonchev–Trinajstić information content (AvgIpc) is 2.36. The molecule has 1 unspecified atom stereocenters. The summed E-state index contributed by atoms with van der Waals surface area (Å²) >= 11 is 3.43. The van der Waals surface area contributed by atoms with E-state index in [-0.39, 0.29) is 11.9 Å². The van der Waals surface area contributed by atoms with Gasteiger partial charge in [0.05, 0.1) is 6.04 Å². The second kappa shape index (κ2) is 7.20. The van der Waals surface area contributed by atoms with Crippen molar-refractivity contribution in [1.29, 1.82) is 0 Å². The third-order valence-corrected chi connectivity index (χ3v) is 4.25. The van der Waals surface area contributed by atoms with Crippen molar-refractivity contribution in [2.75, 3.05) is 7.05 Å². The quantitative estimate of drug-likeness (QED) is 0.759. The molecule has 0 spiro atoms. The summed E-state index contributed by atoms with van der Waals surface area (Å²) in [7, 11) is 1.91. The smallest absolute Gasteiger partial charge is 0.128 e. The summed E-state index contributed by atoms with van der Waals surface area (Å²) in [5, 5.41) is 3.28. The maximum Gasteiger partial charge on any atom is 0.128 e. The first-order valence-corrected chi connectivity index (χ1v) is 7.83. The fourth-order valence-corrected chi connectivity index (χ4v) is 3.13. The van der Waals surface area contributed by atoms with Crippen LogP contribution < -0.4 is 5.32 Å². The molecule has 1 N–H and O–H groups in total. The predicted octanol–water partition coefficient (Wildman–Crippen LogP) is 5.13. The first-order valence-electron chi connectivity index (χ1n) is 7.03. The van der Waals surface area contributed by atoms with Crippen LogP contribution in [0.25, 0.3) is 0 Å². The second-order valence-corrected chi connectivity index (χ2v) is 6.04. The van der Waals surface area contributed by atoms with Gasteiger partial charge in [0.2, 0.25) is 0 Å². The lowest BCUT2D eigenvalue weighted by atomic mass is 9.91. The van der Waals surface area contributed by atoms with Gasteiger partial charge in [-0.05, 0) is 50.9 Å². The molecule has 0 saturated carbocycles. The summed E-state index contributed by atoms with van der Waals surface area (Å²) < 4.78 is 15.0. The number of allylic oxidation sites excluding steroid dienone is 1. The van der Waals surface area contributed by atoms with Crippen LogP contribution in [0.1, 0.15) is 50.1 Å². The number of rotatable bonds is 3. The highest BCUT2D eigenvalue weighted by Gasteiger charge is 2.19. The van der Waals surface area contributed by atoms with E-state index >= 15 is 0 Å². The van der Waals surface area contributed by atoms with Crippen LogP contribution in [0.4, 0.5) is 4.39 Å². The monoisotopic (exact) mass is 325 g/mol. The van der Waals surface area contributed by atoms with Crippen molar-refractivity contribution in [3.8, 4) is 0 Å². The van der Waals surface area contributed by atoms with Crippen LogP contribution in [0.5, 0.6) is 0 Å². The summed E-state index contributed by atoms with van der Waals surface area (Å²) in [5.41, 5.74) is 2.07. The van der Waals surface area contributed by atoms with Crippen molar-refractivity contribution in [2.45, 2.75) is 44.6 Å². The molecule has 1 aliphatic carbocycles. The number of hydrogen-bond donors (Lipinski definition) is 1. The highest BCUT2D eigenvalue weighted by molar-refractivity contribution is 9.10. The highest BCUT2D eigenvalue weighted by atomic mass is 79.9. The molecule has 1 aromatic rings. The zero-order valence-electron chi connectivity index (χ0n) is 11.4. The molecule has 0 fully saturated rings. The molecule has 3 heteroatoms. The van der Waals surface area contributed by atoms with Gasteiger partial charge in [-0.15, -0.1) is 0 Å². The molecule has 1 atom stereocenters. The summed E-state index contributed by atoms with van der Waals surface area (Å²) in [4.78, 5) is 0. The molecule has 0 amide bonds. The van der Waals surface area contributed by atoms with Gasteiger partial charge in [0.15, 0.2) is 0 Å². The Morgan fingerprint density at radius 2 is 2.00 bits per heavy atom. The maximum atomic E-state index is 14.1. The van der Waals surface area contributed by atoms with Gasteiger partial charge in [-0.2, -0.15) is 0 Å². The van der Waals surface area contributed by atoms with Gasteiger partial charge in [-0.3, -0.25) is 0 Å². The van der Waals surface area contributed by atoms with E-state index in [1.54, 1.807) is 6.07 Å². The molecule has 19 heavy (non-hydrogen) atoms. The van der Waals surface area contributed by atoms with Crippen molar-refractivity contribution in [3.63, 3.8) is 0 Å². The van der Waals surface area contributed by atoms with Crippen molar-refractivity contribution in [1.82, 2.24) is 5.32 Å². The molecule has 1 nitrogen and oxygen atoms in total. The van der Waals surface area contributed by atoms with Gasteiger partial charge in [-0.1, -0.05) is 40.4 Å². The number of halogens is 2. The van der Waals surface area contributed by atoms with Crippen LogP contribution >= 0.6 is 15.9 Å². The largest absolute Gasteiger partial charge is 0.310 e. The highest BCUT2D eigenvalue weighted by Crippen LogP contribution is 2.31. The lowest BCUT2D eigenvalue weighted by Crippen LogP contribution is -2.20. The fraction of sp³-hybridized carbons (Fsp3) is 0.500. The number of benzene rings is 1. The molecule has 104 valence electrons. The zero-order chi connectivity index (χ0) is 13.7. The van der Waals surface area contributed by atoms with Crippen molar-refractivity contribution >= 4 is 15.9 Å². The molecule has 0 aromatic heterocycles. The molecule has 0 aliphatic heterocycles. The van der Waals surface area contributed by atoms with E-state index in [1.165, 1.54) is 37.3 Å². The summed E-state index contributed by atoms with van der Waals surface area (Å²) in [6, 6.07) is 5.16. The fourth-order valence-electron chi connectivity index (χ4n) is 2.76. The molecular weight excluding hydrogens is 305 g/mol. The molecule has 0 radical (unpaired) electrons. The summed E-state index contributed by atoms with van der Waals surface area (Å²) in [6.45, 7) is 0. The Balaban J connectivity index is 2.29. The van der Waals surface area contributed by atoms with Gasteiger partial charge in [0, 0.05) is 10.0 Å². The predicted molar refractivity (Wildman–Crippen MR) is 81.7 cm³/mol. The van der Waals surface area contributed by atoms with Gasteiger partial charge in [0.25, 0.3) is 0 Å². The maximum absolute atomic E-state index is 14.1. The van der Waals surface area contributed by atoms with E-state index in [1.807, 2.05) is 13.1 Å². The Kier molecular flexibility index (Phi) is 5.59. The van der Waals surface area contributed by atoms with Crippen LogP contribution in [0.3, 0.4) is 0 Å². The van der Waals surface area contributed by atoms with Crippen LogP contribution in [0.15, 0.2) is 34.3 Å². The average molecular weight is 326 g/mol. The minimum atomic E-state index is -0.134. The van der Waals surface area contributed by atoms with Crippen LogP contribution in [-0.2, 0) is 0 Å². The summed E-state index contributed by atoms with van der Waals surface area (Å²) in [5.74, 6) is -0.134. The SMILES string of the molecule is CNC(/C1=C/CCCCCC1)c1cc(Br)ccc1F. The summed E-state index contributed by atoms with van der Waals surface area (Å²) in [6.07, 6.45) is 9.55. The van der Waals surface area contributed by atoms with Gasteiger partial charge in [-0.25, -0.2) is 4.39 Å². The Bertz CT molecular complexity index is 456. The number of nitrogens with one attached hydrogen (secondary N) is 1. The first kappa shape index (κ1) is 14.7. The van der Waals surface area contributed by atoms with Crippen LogP contribution in [-0.4, -0.2) is 7.05 Å². The molecular formula is C16H21BrFN. The molecule has 2 rings (SSSR count). The number of hydrogen-bond acceptors (Lipinski definition) is 1. The van der Waals surface area contributed by atoms with Crippen molar-refractivity contribution in [2.24, 2.45) is 0 Å². The third kappa shape index (κ3) is 3.90. The van der Waals surface area contributed by atoms with Gasteiger partial charge in [0.1, 0.15) is 5.82 Å². The molecule has 0 bridgehead atoms. The van der Waals surface area contributed by atoms with E-state index in [0.717, 1.165) is 22.9 Å². The molecule has 1 aromatic carbocycles. The molecule has 0 heterocycles. The first-order chi connectivity index (χ1) is 9.22. The van der Waals surface area contributed by atoms with E-state index < -0.39 is 0 Å². The Labute approximate surface area is 123 Å². The third-order valence-electron chi connectivity index (χ3n) is 3.75. The minimum Gasteiger partial charge on any atom is -0.310 e. The normalized spacial score (nSPS) is 21.1. The van der Waals surface area contributed by atoms with Gasteiger partial charge >= 0.3 is 0 Å². The molecule has 0 saturated heterocycles. The van der Waals surface area contributed by atoms with Crippen molar-refractivity contribution < 1.29 is 4.39 Å². The Hall–Kier alpha value is -0.670. The molecule has 1 aliphatic rings. The second-order valence-electron chi connectivity index (χ2n) is 5.12. The number of likely N-dealkylation sites (N-methyl/N-ethyl adjacent to an activating group) is 1. The van der Waals surface area contributed by atoms with E-state index in [9.17, 15) is 4.39 Å².